The van der Waals surface area contributed by atoms with Crippen LogP contribution in [0.5, 0.6) is 0 Å². The molecule has 2 unspecified atom stereocenters. The van der Waals surface area contributed by atoms with Gasteiger partial charge in [-0.2, -0.15) is 0 Å². The predicted octanol–water partition coefficient (Wildman–Crippen LogP) is 2.34. The van der Waals surface area contributed by atoms with Crippen molar-refractivity contribution in [1.29, 1.82) is 0 Å². The second kappa shape index (κ2) is 7.31. The van der Waals surface area contributed by atoms with Gasteiger partial charge < -0.3 is 10.0 Å². The lowest BCUT2D eigenvalue weighted by atomic mass is 10.0. The molecule has 8 heteroatoms. The van der Waals surface area contributed by atoms with Crippen LogP contribution in [0, 0.1) is 0 Å². The summed E-state index contributed by atoms with van der Waals surface area (Å²) in [6.45, 7) is 0.471. The van der Waals surface area contributed by atoms with Crippen molar-refractivity contribution in [2.24, 2.45) is 0 Å². The van der Waals surface area contributed by atoms with Crippen LogP contribution in [0.4, 0.5) is 0 Å². The van der Waals surface area contributed by atoms with Crippen LogP contribution < -0.4 is 0 Å². The van der Waals surface area contributed by atoms with Crippen molar-refractivity contribution in [3.63, 3.8) is 0 Å². The largest absolute Gasteiger partial charge is 0.374 e. The van der Waals surface area contributed by atoms with Gasteiger partial charge in [0.25, 0.3) is 0 Å². The van der Waals surface area contributed by atoms with E-state index in [-0.39, 0.29) is 24.9 Å². The molecule has 152 valence electrons. The number of hydrogen-bond acceptors (Lipinski definition) is 6. The van der Waals surface area contributed by atoms with E-state index in [1.54, 1.807) is 9.80 Å². The van der Waals surface area contributed by atoms with E-state index in [0.29, 0.717) is 22.9 Å². The Morgan fingerprint density at radius 1 is 0.933 bits per heavy atom. The maximum absolute atomic E-state index is 13.3. The van der Waals surface area contributed by atoms with Crippen molar-refractivity contribution in [2.45, 2.75) is 31.7 Å². The molecule has 1 fully saturated rings. The Balaban J connectivity index is 1.38. The van der Waals surface area contributed by atoms with E-state index < -0.39 is 12.3 Å². The van der Waals surface area contributed by atoms with Crippen LogP contribution in [-0.4, -0.2) is 54.3 Å². The first kappa shape index (κ1) is 19.4. The molecule has 0 spiro atoms. The van der Waals surface area contributed by atoms with Crippen LogP contribution in [0.3, 0.4) is 0 Å². The number of nitrogens with zero attached hydrogens (tertiary/aromatic N) is 3. The number of thiocarbonyl (C=S) groups is 2. The van der Waals surface area contributed by atoms with Gasteiger partial charge in [0, 0.05) is 24.1 Å². The molecule has 2 atom stereocenters. The third-order valence-corrected chi connectivity index (χ3v) is 6.93. The van der Waals surface area contributed by atoms with Crippen molar-refractivity contribution in [1.82, 2.24) is 14.7 Å². The van der Waals surface area contributed by atoms with E-state index >= 15 is 0 Å². The minimum Gasteiger partial charge on any atom is -0.374 e. The minimum atomic E-state index is -0.858. The molecular weight excluding hydrogens is 418 g/mol. The Labute approximate surface area is 184 Å². The lowest BCUT2D eigenvalue weighted by Crippen LogP contribution is -2.57. The second-order valence-corrected chi connectivity index (χ2v) is 8.46. The summed E-state index contributed by atoms with van der Waals surface area (Å²) in [5.41, 5.74) is 3.50. The second-order valence-electron chi connectivity index (χ2n) is 7.68. The number of hydrogen-bond donors (Lipinski definition) is 1. The molecule has 30 heavy (non-hydrogen) atoms. The molecule has 5 rings (SSSR count). The number of imide groups is 1. The fourth-order valence-corrected chi connectivity index (χ4v) is 5.17. The fraction of sp³-hybridized carbons (Fsp3) is 0.273. The number of benzene rings is 2. The van der Waals surface area contributed by atoms with Gasteiger partial charge in [-0.3, -0.25) is 19.4 Å². The number of carbonyl (C=O) groups excluding carboxylic acids is 2. The van der Waals surface area contributed by atoms with Crippen LogP contribution in [-0.2, 0) is 16.1 Å². The average Bonchev–Trinajstić information content (AvgIpc) is 3.21. The van der Waals surface area contributed by atoms with E-state index in [1.807, 2.05) is 48.5 Å². The molecule has 0 radical (unpaired) electrons. The first-order chi connectivity index (χ1) is 14.5. The molecule has 0 saturated carbocycles. The maximum Gasteiger partial charge on any atom is 0.248 e. The van der Waals surface area contributed by atoms with Gasteiger partial charge in [0.05, 0.1) is 6.04 Å². The van der Waals surface area contributed by atoms with Gasteiger partial charge in [-0.05, 0) is 17.5 Å². The van der Waals surface area contributed by atoms with Crippen LogP contribution >= 0.6 is 24.4 Å². The van der Waals surface area contributed by atoms with Gasteiger partial charge >= 0.3 is 0 Å². The summed E-state index contributed by atoms with van der Waals surface area (Å²) in [5, 5.41) is 10.8. The molecule has 0 bridgehead atoms. The summed E-state index contributed by atoms with van der Waals surface area (Å²) in [6, 6.07) is 14.6. The zero-order valence-electron chi connectivity index (χ0n) is 16.0. The number of fused-ring (bicyclic) bond motifs is 2. The van der Waals surface area contributed by atoms with Gasteiger partial charge in [-0.25, -0.2) is 0 Å². The average molecular weight is 438 g/mol. The molecule has 1 saturated heterocycles. The number of carbonyl (C=O) groups is 2. The minimum absolute atomic E-state index is 0.00258. The number of piperidine rings is 1. The number of aliphatic hydroxyl groups excluding tert-OH is 1. The molecule has 0 aliphatic carbocycles. The molecule has 3 aliphatic heterocycles. The van der Waals surface area contributed by atoms with Crippen molar-refractivity contribution < 1.29 is 14.7 Å². The van der Waals surface area contributed by atoms with Gasteiger partial charge in [-0.15, -0.1) is 0 Å². The van der Waals surface area contributed by atoms with Crippen molar-refractivity contribution in [3.05, 3.63) is 70.8 Å². The Morgan fingerprint density at radius 3 is 2.23 bits per heavy atom. The first-order valence-electron chi connectivity index (χ1n) is 9.78. The standard InChI is InChI=1S/C22H19N3O3S2/c26-18-10-9-17(23-11-13-5-1-2-6-14(13)19(23)27)20(28)24(18)12-25-21(29)15-7-3-4-8-16(15)22(25)30/h1-8,17,19,27H,9-12H2. The summed E-state index contributed by atoms with van der Waals surface area (Å²) in [6.07, 6.45) is -0.242. The SMILES string of the molecule is O=C1CCC(N2Cc3ccccc3C2O)C(=O)N1CN1C(=S)c2ccccc2C1=S. The topological polar surface area (TPSA) is 64.1 Å². The monoisotopic (exact) mass is 437 g/mol. The quantitative estimate of drug-likeness (QED) is 0.584. The predicted molar refractivity (Wildman–Crippen MR) is 118 cm³/mol. The third-order valence-electron chi connectivity index (χ3n) is 6.05. The van der Waals surface area contributed by atoms with Crippen LogP contribution in [0.2, 0.25) is 0 Å². The fourth-order valence-electron chi connectivity index (χ4n) is 4.46. The highest BCUT2D eigenvalue weighted by atomic mass is 32.1. The molecular formula is C22H19N3O3S2. The lowest BCUT2D eigenvalue weighted by molar-refractivity contribution is -0.158. The Bertz CT molecular complexity index is 1070. The summed E-state index contributed by atoms with van der Waals surface area (Å²) < 4.78 is 0. The van der Waals surface area contributed by atoms with E-state index in [2.05, 4.69) is 0 Å². The summed E-state index contributed by atoms with van der Waals surface area (Å²) in [7, 11) is 0. The molecule has 2 aromatic carbocycles. The molecule has 6 nitrogen and oxygen atoms in total. The van der Waals surface area contributed by atoms with Gasteiger partial charge in [0.2, 0.25) is 11.8 Å². The highest BCUT2D eigenvalue weighted by molar-refractivity contribution is 7.82. The summed E-state index contributed by atoms with van der Waals surface area (Å²) in [4.78, 5) is 31.7. The molecule has 2 amide bonds. The van der Waals surface area contributed by atoms with Crippen LogP contribution in [0.15, 0.2) is 48.5 Å². The molecule has 1 N–H and O–H groups in total. The van der Waals surface area contributed by atoms with Crippen LogP contribution in [0.25, 0.3) is 0 Å². The van der Waals surface area contributed by atoms with Crippen molar-refractivity contribution in [2.75, 3.05) is 6.67 Å². The normalized spacial score (nSPS) is 23.9. The molecule has 3 aliphatic rings. The lowest BCUT2D eigenvalue weighted by Gasteiger charge is -2.38. The zero-order valence-corrected chi connectivity index (χ0v) is 17.7. The highest BCUT2D eigenvalue weighted by Crippen LogP contribution is 2.36. The van der Waals surface area contributed by atoms with E-state index in [1.165, 1.54) is 4.90 Å². The van der Waals surface area contributed by atoms with Gasteiger partial charge in [0.1, 0.15) is 22.9 Å². The van der Waals surface area contributed by atoms with Crippen LogP contribution in [0.1, 0.15) is 41.3 Å². The summed E-state index contributed by atoms with van der Waals surface area (Å²) >= 11 is 11.1. The highest BCUT2D eigenvalue weighted by Gasteiger charge is 2.44. The molecule has 2 aromatic rings. The van der Waals surface area contributed by atoms with Crippen molar-refractivity contribution in [3.8, 4) is 0 Å². The number of likely N-dealkylation sites (tertiary alicyclic amines) is 1. The smallest absolute Gasteiger partial charge is 0.248 e. The zero-order chi connectivity index (χ0) is 21.0. The Kier molecular flexibility index (Phi) is 4.74. The first-order valence-corrected chi connectivity index (χ1v) is 10.6. The number of amides is 2. The van der Waals surface area contributed by atoms with E-state index in [4.69, 9.17) is 24.4 Å². The molecule has 0 aromatic heterocycles. The summed E-state index contributed by atoms with van der Waals surface area (Å²) in [5.74, 6) is -0.566. The Hall–Kier alpha value is -2.52. The maximum atomic E-state index is 13.3. The number of aliphatic hydroxyl groups is 1. The van der Waals surface area contributed by atoms with Crippen molar-refractivity contribution >= 4 is 46.2 Å². The number of rotatable bonds is 3. The van der Waals surface area contributed by atoms with E-state index in [0.717, 1.165) is 22.3 Å². The Morgan fingerprint density at radius 2 is 1.57 bits per heavy atom. The van der Waals surface area contributed by atoms with E-state index in [9.17, 15) is 14.7 Å². The molecule has 3 heterocycles. The van der Waals surface area contributed by atoms with Gasteiger partial charge in [0.15, 0.2) is 0 Å². The van der Waals surface area contributed by atoms with Gasteiger partial charge in [-0.1, -0.05) is 73.0 Å². The third kappa shape index (κ3) is 2.91.